The van der Waals surface area contributed by atoms with E-state index in [9.17, 15) is 0 Å². The second-order valence-corrected chi connectivity index (χ2v) is 5.18. The number of nitrogens with one attached hydrogen (secondary N) is 1. The number of unbranched alkanes of at least 4 members (excludes halogenated alkanes) is 9. The number of rotatable bonds is 12. The molecular formula is C16H30N2. The summed E-state index contributed by atoms with van der Waals surface area (Å²) >= 11 is 0. The minimum absolute atomic E-state index is 1.09. The van der Waals surface area contributed by atoms with Crippen LogP contribution in [0.25, 0.3) is 0 Å². The highest BCUT2D eigenvalue weighted by Gasteiger charge is 1.92. The normalized spacial score (nSPS) is 10.7. The molecule has 0 aliphatic rings. The molecule has 1 N–H and O–H groups in total. The average Bonchev–Trinajstić information content (AvgIpc) is 2.89. The summed E-state index contributed by atoms with van der Waals surface area (Å²) in [5.41, 5.74) is 3.37. The van der Waals surface area contributed by atoms with Gasteiger partial charge in [0.05, 0.1) is 0 Å². The first-order chi connectivity index (χ1) is 8.93. The molecule has 0 saturated carbocycles. The molecule has 1 aromatic rings. The third-order valence-corrected chi connectivity index (χ3v) is 3.43. The summed E-state index contributed by atoms with van der Waals surface area (Å²) in [5, 5.41) is 0. The molecular weight excluding hydrogens is 220 g/mol. The van der Waals surface area contributed by atoms with Crippen LogP contribution in [0.3, 0.4) is 0 Å². The molecule has 0 unspecified atom stereocenters. The van der Waals surface area contributed by atoms with Crippen molar-refractivity contribution < 1.29 is 0 Å². The zero-order valence-corrected chi connectivity index (χ0v) is 12.0. The zero-order valence-electron chi connectivity index (χ0n) is 12.0. The summed E-state index contributed by atoms with van der Waals surface area (Å²) in [6.07, 6.45) is 18.1. The van der Waals surface area contributed by atoms with Crippen LogP contribution >= 0.6 is 0 Å². The monoisotopic (exact) mass is 250 g/mol. The summed E-state index contributed by atoms with van der Waals surface area (Å²) in [6.45, 7) is 3.37. The SMILES string of the molecule is CCCCCCCCCCCCNn1cccc1. The summed E-state index contributed by atoms with van der Waals surface area (Å²) in [4.78, 5) is 0. The number of nitrogens with zero attached hydrogens (tertiary/aromatic N) is 1. The first-order valence-electron chi connectivity index (χ1n) is 7.80. The molecule has 0 bridgehead atoms. The van der Waals surface area contributed by atoms with Crippen LogP contribution in [0.2, 0.25) is 0 Å². The molecule has 104 valence electrons. The summed E-state index contributed by atoms with van der Waals surface area (Å²) in [6, 6.07) is 4.09. The molecule has 18 heavy (non-hydrogen) atoms. The molecule has 0 atom stereocenters. The summed E-state index contributed by atoms with van der Waals surface area (Å²) < 4.78 is 2.04. The van der Waals surface area contributed by atoms with Gasteiger partial charge in [0.1, 0.15) is 0 Å². The van der Waals surface area contributed by atoms with Gasteiger partial charge in [-0.3, -0.25) is 4.68 Å². The fraction of sp³-hybridized carbons (Fsp3) is 0.750. The van der Waals surface area contributed by atoms with Gasteiger partial charge >= 0.3 is 0 Å². The van der Waals surface area contributed by atoms with Crippen LogP contribution in [0, 0.1) is 0 Å². The van der Waals surface area contributed by atoms with E-state index in [-0.39, 0.29) is 0 Å². The van der Waals surface area contributed by atoms with Gasteiger partial charge in [-0.05, 0) is 18.6 Å². The van der Waals surface area contributed by atoms with Crippen LogP contribution in [0.15, 0.2) is 24.5 Å². The minimum Gasteiger partial charge on any atom is -0.326 e. The first kappa shape index (κ1) is 15.1. The lowest BCUT2D eigenvalue weighted by Gasteiger charge is -2.07. The van der Waals surface area contributed by atoms with Crippen molar-refractivity contribution >= 4 is 0 Å². The summed E-state index contributed by atoms with van der Waals surface area (Å²) in [7, 11) is 0. The van der Waals surface area contributed by atoms with Crippen LogP contribution in [0.4, 0.5) is 0 Å². The Balaban J connectivity index is 1.73. The molecule has 0 saturated heterocycles. The van der Waals surface area contributed by atoms with Crippen molar-refractivity contribution in [3.05, 3.63) is 24.5 Å². The van der Waals surface area contributed by atoms with Crippen LogP contribution < -0.4 is 5.43 Å². The lowest BCUT2D eigenvalue weighted by molar-refractivity contribution is 0.557. The predicted molar refractivity (Wildman–Crippen MR) is 80.5 cm³/mol. The highest BCUT2D eigenvalue weighted by Crippen LogP contribution is 2.10. The molecule has 0 aliphatic heterocycles. The topological polar surface area (TPSA) is 17.0 Å². The van der Waals surface area contributed by atoms with Gasteiger partial charge < -0.3 is 5.43 Å². The molecule has 0 amide bonds. The molecule has 0 spiro atoms. The van der Waals surface area contributed by atoms with Crippen molar-refractivity contribution in [3.63, 3.8) is 0 Å². The van der Waals surface area contributed by atoms with Crippen molar-refractivity contribution in [1.29, 1.82) is 0 Å². The van der Waals surface area contributed by atoms with Crippen molar-refractivity contribution in [2.45, 2.75) is 71.1 Å². The van der Waals surface area contributed by atoms with Crippen molar-refractivity contribution in [2.24, 2.45) is 0 Å². The smallest absolute Gasteiger partial charge is 0.0313 e. The van der Waals surface area contributed by atoms with Crippen LogP contribution in [-0.2, 0) is 0 Å². The maximum atomic E-state index is 3.37. The summed E-state index contributed by atoms with van der Waals surface area (Å²) in [5.74, 6) is 0. The zero-order chi connectivity index (χ0) is 12.9. The highest BCUT2D eigenvalue weighted by atomic mass is 15.4. The second-order valence-electron chi connectivity index (χ2n) is 5.18. The maximum Gasteiger partial charge on any atom is 0.0313 e. The minimum atomic E-state index is 1.09. The molecule has 0 radical (unpaired) electrons. The van der Waals surface area contributed by atoms with Gasteiger partial charge in [-0.2, -0.15) is 0 Å². The number of hydrogen-bond acceptors (Lipinski definition) is 1. The van der Waals surface area contributed by atoms with Gasteiger partial charge in [-0.25, -0.2) is 0 Å². The van der Waals surface area contributed by atoms with E-state index < -0.39 is 0 Å². The van der Waals surface area contributed by atoms with E-state index in [0.717, 1.165) is 6.54 Å². The Labute approximate surface area is 113 Å². The van der Waals surface area contributed by atoms with E-state index in [4.69, 9.17) is 0 Å². The number of hydrogen-bond donors (Lipinski definition) is 1. The molecule has 1 rings (SSSR count). The molecule has 2 nitrogen and oxygen atoms in total. The number of aromatic nitrogens is 1. The largest absolute Gasteiger partial charge is 0.326 e. The van der Waals surface area contributed by atoms with Gasteiger partial charge in [0, 0.05) is 18.9 Å². The molecule has 0 aliphatic carbocycles. The predicted octanol–water partition coefficient (Wildman–Crippen LogP) is 4.95. The molecule has 0 fully saturated rings. The Morgan fingerprint density at radius 2 is 1.22 bits per heavy atom. The van der Waals surface area contributed by atoms with Crippen LogP contribution in [0.5, 0.6) is 0 Å². The fourth-order valence-electron chi connectivity index (χ4n) is 2.26. The van der Waals surface area contributed by atoms with Gasteiger partial charge in [0.25, 0.3) is 0 Å². The Morgan fingerprint density at radius 1 is 0.722 bits per heavy atom. The molecule has 1 heterocycles. The second kappa shape index (κ2) is 11.2. The Bertz CT molecular complexity index is 254. The van der Waals surface area contributed by atoms with Crippen molar-refractivity contribution in [1.82, 2.24) is 4.68 Å². The fourth-order valence-corrected chi connectivity index (χ4v) is 2.26. The van der Waals surface area contributed by atoms with E-state index in [0.29, 0.717) is 0 Å². The van der Waals surface area contributed by atoms with E-state index in [1.165, 1.54) is 64.2 Å². The van der Waals surface area contributed by atoms with Crippen LogP contribution in [0.1, 0.15) is 71.1 Å². The third-order valence-electron chi connectivity index (χ3n) is 3.43. The highest BCUT2D eigenvalue weighted by molar-refractivity contribution is 4.92. The van der Waals surface area contributed by atoms with Gasteiger partial charge in [-0.15, -0.1) is 0 Å². The Morgan fingerprint density at radius 3 is 1.78 bits per heavy atom. The Kier molecular flexibility index (Phi) is 9.41. The lowest BCUT2D eigenvalue weighted by atomic mass is 10.1. The standard InChI is InChI=1S/C16H30N2/c1-2-3-4-5-6-7-8-9-10-11-14-17-18-15-12-13-16-18/h12-13,15-17H,2-11,14H2,1H3. The maximum absolute atomic E-state index is 3.37. The van der Waals surface area contributed by atoms with E-state index in [1.807, 2.05) is 16.8 Å². The van der Waals surface area contributed by atoms with Gasteiger partial charge in [-0.1, -0.05) is 64.7 Å². The van der Waals surface area contributed by atoms with Gasteiger partial charge in [0.15, 0.2) is 0 Å². The Hall–Kier alpha value is -0.920. The third kappa shape index (κ3) is 8.21. The van der Waals surface area contributed by atoms with Crippen LogP contribution in [-0.4, -0.2) is 11.2 Å². The molecule has 2 heteroatoms. The van der Waals surface area contributed by atoms with E-state index >= 15 is 0 Å². The quantitative estimate of drug-likeness (QED) is 0.519. The van der Waals surface area contributed by atoms with E-state index in [2.05, 4.69) is 24.7 Å². The molecule has 0 aromatic carbocycles. The van der Waals surface area contributed by atoms with Crippen molar-refractivity contribution in [3.8, 4) is 0 Å². The van der Waals surface area contributed by atoms with Gasteiger partial charge in [0.2, 0.25) is 0 Å². The molecule has 1 aromatic heterocycles. The average molecular weight is 250 g/mol. The first-order valence-corrected chi connectivity index (χ1v) is 7.80. The van der Waals surface area contributed by atoms with E-state index in [1.54, 1.807) is 0 Å². The lowest BCUT2D eigenvalue weighted by Crippen LogP contribution is -2.13. The van der Waals surface area contributed by atoms with Crippen molar-refractivity contribution in [2.75, 3.05) is 12.0 Å².